The molecule has 6 nitrogen and oxygen atoms in total. The number of rotatable bonds is 5. The standard InChI is InChI=1S/C21H21F3N4O2S/c1-27-17-5-3-2-4-15(17)26-20(27)31-13-19(29)25-16-12-14(21(22,23)24)6-7-18(16)28-8-10-30-11-9-28/h2-7,12H,8-11,13H2,1H3,(H,25,29). The van der Waals surface area contributed by atoms with Crippen LogP contribution >= 0.6 is 11.8 Å². The summed E-state index contributed by atoms with van der Waals surface area (Å²) in [5.74, 6) is -0.374. The van der Waals surface area contributed by atoms with Gasteiger partial charge in [-0.15, -0.1) is 0 Å². The molecule has 1 aliphatic rings. The van der Waals surface area contributed by atoms with Crippen molar-refractivity contribution in [2.75, 3.05) is 42.3 Å². The van der Waals surface area contributed by atoms with Crippen LogP contribution in [0.25, 0.3) is 11.0 Å². The summed E-state index contributed by atoms with van der Waals surface area (Å²) in [5.41, 5.74) is 1.66. The molecule has 0 aliphatic carbocycles. The number of carbonyl (C=O) groups excluding carboxylic acids is 1. The molecule has 0 unspecified atom stereocenters. The molecule has 0 bridgehead atoms. The van der Waals surface area contributed by atoms with E-state index in [1.165, 1.54) is 17.8 Å². The molecule has 1 fully saturated rings. The number of aryl methyl sites for hydroxylation is 1. The van der Waals surface area contributed by atoms with Gasteiger partial charge in [0.2, 0.25) is 5.91 Å². The van der Waals surface area contributed by atoms with E-state index in [-0.39, 0.29) is 11.4 Å². The van der Waals surface area contributed by atoms with Crippen molar-refractivity contribution in [3.05, 3.63) is 48.0 Å². The van der Waals surface area contributed by atoms with E-state index >= 15 is 0 Å². The van der Waals surface area contributed by atoms with Crippen molar-refractivity contribution < 1.29 is 22.7 Å². The Morgan fingerprint density at radius 3 is 2.65 bits per heavy atom. The van der Waals surface area contributed by atoms with Crippen LogP contribution in [0.15, 0.2) is 47.6 Å². The van der Waals surface area contributed by atoms with Gasteiger partial charge in [0.15, 0.2) is 5.16 Å². The average molecular weight is 450 g/mol. The number of hydrogen-bond acceptors (Lipinski definition) is 5. The summed E-state index contributed by atoms with van der Waals surface area (Å²) in [6.45, 7) is 2.06. The zero-order valence-corrected chi connectivity index (χ0v) is 17.6. The second-order valence-corrected chi connectivity index (χ2v) is 8.05. The van der Waals surface area contributed by atoms with Crippen molar-refractivity contribution >= 4 is 40.1 Å². The molecular formula is C21H21F3N4O2S. The molecule has 1 amide bonds. The summed E-state index contributed by atoms with van der Waals surface area (Å²) >= 11 is 1.24. The summed E-state index contributed by atoms with van der Waals surface area (Å²) < 4.78 is 46.9. The van der Waals surface area contributed by atoms with Crippen LogP contribution in [-0.2, 0) is 22.8 Å². The fourth-order valence-corrected chi connectivity index (χ4v) is 4.25. The van der Waals surface area contributed by atoms with E-state index in [9.17, 15) is 18.0 Å². The third kappa shape index (κ3) is 4.80. The number of ether oxygens (including phenoxy) is 1. The molecule has 1 saturated heterocycles. The minimum Gasteiger partial charge on any atom is -0.378 e. The minimum atomic E-state index is -4.50. The molecule has 3 aromatic rings. The van der Waals surface area contributed by atoms with E-state index in [1.54, 1.807) is 0 Å². The second kappa shape index (κ2) is 8.80. The van der Waals surface area contributed by atoms with Crippen molar-refractivity contribution in [2.45, 2.75) is 11.3 Å². The molecule has 0 radical (unpaired) electrons. The van der Waals surface area contributed by atoms with Crippen molar-refractivity contribution in [2.24, 2.45) is 7.05 Å². The van der Waals surface area contributed by atoms with Crippen molar-refractivity contribution in [1.29, 1.82) is 0 Å². The number of hydrogen-bond donors (Lipinski definition) is 1. The average Bonchev–Trinajstić information content (AvgIpc) is 3.08. The van der Waals surface area contributed by atoms with Crippen LogP contribution in [0.4, 0.5) is 24.5 Å². The number of aromatic nitrogens is 2. The lowest BCUT2D eigenvalue weighted by atomic mass is 10.1. The van der Waals surface area contributed by atoms with Gasteiger partial charge in [-0.05, 0) is 30.3 Å². The van der Waals surface area contributed by atoms with Crippen LogP contribution in [0.3, 0.4) is 0 Å². The van der Waals surface area contributed by atoms with E-state index in [1.807, 2.05) is 40.8 Å². The molecule has 164 valence electrons. The predicted octanol–water partition coefficient (Wildman–Crippen LogP) is 4.16. The number of alkyl halides is 3. The van der Waals surface area contributed by atoms with Gasteiger partial charge in [0.1, 0.15) is 0 Å². The monoisotopic (exact) mass is 450 g/mol. The van der Waals surface area contributed by atoms with Gasteiger partial charge in [-0.3, -0.25) is 4.79 Å². The maximum absolute atomic E-state index is 13.2. The number of amides is 1. The van der Waals surface area contributed by atoms with Gasteiger partial charge < -0.3 is 19.5 Å². The van der Waals surface area contributed by atoms with Crippen LogP contribution in [0.5, 0.6) is 0 Å². The molecule has 0 atom stereocenters. The first-order valence-corrected chi connectivity index (χ1v) is 10.7. The number of anilines is 2. The molecule has 2 aromatic carbocycles. The second-order valence-electron chi connectivity index (χ2n) is 7.11. The molecule has 0 saturated carbocycles. The van der Waals surface area contributed by atoms with Gasteiger partial charge in [0.25, 0.3) is 0 Å². The molecule has 2 heterocycles. The number of para-hydroxylation sites is 2. The minimum absolute atomic E-state index is 0.0238. The summed E-state index contributed by atoms with van der Waals surface area (Å²) in [6.07, 6.45) is -4.50. The van der Waals surface area contributed by atoms with Crippen molar-refractivity contribution in [3.8, 4) is 0 Å². The van der Waals surface area contributed by atoms with Crippen LogP contribution < -0.4 is 10.2 Å². The summed E-state index contributed by atoms with van der Waals surface area (Å²) in [6, 6.07) is 11.0. The maximum atomic E-state index is 13.2. The number of benzene rings is 2. The van der Waals surface area contributed by atoms with E-state index in [0.717, 1.165) is 23.2 Å². The zero-order valence-electron chi connectivity index (χ0n) is 16.8. The number of fused-ring (bicyclic) bond motifs is 1. The Hall–Kier alpha value is -2.72. The van der Waals surface area contributed by atoms with E-state index < -0.39 is 17.6 Å². The van der Waals surface area contributed by atoms with Crippen molar-refractivity contribution in [3.63, 3.8) is 0 Å². The fraction of sp³-hybridized carbons (Fsp3) is 0.333. The Morgan fingerprint density at radius 1 is 1.19 bits per heavy atom. The van der Waals surface area contributed by atoms with Gasteiger partial charge in [-0.1, -0.05) is 23.9 Å². The van der Waals surface area contributed by atoms with E-state index in [0.29, 0.717) is 37.1 Å². The Bertz CT molecular complexity index is 1090. The first kappa shape index (κ1) is 21.5. The van der Waals surface area contributed by atoms with Crippen LogP contribution in [0.2, 0.25) is 0 Å². The number of morpholine rings is 1. The van der Waals surface area contributed by atoms with Gasteiger partial charge >= 0.3 is 6.18 Å². The normalized spacial score (nSPS) is 14.8. The van der Waals surface area contributed by atoms with Gasteiger partial charge in [-0.25, -0.2) is 4.98 Å². The highest BCUT2D eigenvalue weighted by Crippen LogP contribution is 2.36. The Kier molecular flexibility index (Phi) is 6.10. The highest BCUT2D eigenvalue weighted by molar-refractivity contribution is 7.99. The van der Waals surface area contributed by atoms with Crippen LogP contribution in [0, 0.1) is 0 Å². The largest absolute Gasteiger partial charge is 0.416 e. The predicted molar refractivity (Wildman–Crippen MR) is 115 cm³/mol. The Morgan fingerprint density at radius 2 is 1.94 bits per heavy atom. The number of carbonyl (C=O) groups is 1. The van der Waals surface area contributed by atoms with Gasteiger partial charge in [0.05, 0.1) is 46.9 Å². The number of halogens is 3. The lowest BCUT2D eigenvalue weighted by molar-refractivity contribution is -0.137. The molecule has 1 aromatic heterocycles. The Labute approximate surface area is 181 Å². The molecule has 0 spiro atoms. The van der Waals surface area contributed by atoms with Crippen LogP contribution in [0.1, 0.15) is 5.56 Å². The molecule has 4 rings (SSSR count). The molecule has 10 heteroatoms. The lowest BCUT2D eigenvalue weighted by Gasteiger charge is -2.31. The van der Waals surface area contributed by atoms with Crippen LogP contribution in [-0.4, -0.2) is 47.5 Å². The summed E-state index contributed by atoms with van der Waals surface area (Å²) in [4.78, 5) is 19.0. The molecular weight excluding hydrogens is 429 g/mol. The van der Waals surface area contributed by atoms with E-state index in [2.05, 4.69) is 10.3 Å². The quantitative estimate of drug-likeness (QED) is 0.592. The first-order chi connectivity index (χ1) is 14.8. The number of nitrogens with one attached hydrogen (secondary N) is 1. The van der Waals surface area contributed by atoms with Gasteiger partial charge in [-0.2, -0.15) is 13.2 Å². The smallest absolute Gasteiger partial charge is 0.378 e. The molecule has 31 heavy (non-hydrogen) atoms. The Balaban J connectivity index is 1.52. The zero-order chi connectivity index (χ0) is 22.0. The molecule has 1 N–H and O–H groups in total. The van der Waals surface area contributed by atoms with Crippen molar-refractivity contribution in [1.82, 2.24) is 9.55 Å². The van der Waals surface area contributed by atoms with E-state index in [4.69, 9.17) is 4.74 Å². The number of nitrogens with zero attached hydrogens (tertiary/aromatic N) is 3. The summed E-state index contributed by atoms with van der Waals surface area (Å²) in [5, 5.41) is 3.33. The summed E-state index contributed by atoms with van der Waals surface area (Å²) in [7, 11) is 1.86. The third-order valence-corrected chi connectivity index (χ3v) is 6.06. The lowest BCUT2D eigenvalue weighted by Crippen LogP contribution is -2.37. The third-order valence-electron chi connectivity index (χ3n) is 5.03. The van der Waals surface area contributed by atoms with Gasteiger partial charge in [0, 0.05) is 20.1 Å². The topological polar surface area (TPSA) is 59.4 Å². The SMILES string of the molecule is Cn1c(SCC(=O)Nc2cc(C(F)(F)F)ccc2N2CCOCC2)nc2ccccc21. The number of imidazole rings is 1. The molecule has 1 aliphatic heterocycles. The maximum Gasteiger partial charge on any atom is 0.416 e. The number of thioether (sulfide) groups is 1. The highest BCUT2D eigenvalue weighted by atomic mass is 32.2. The first-order valence-electron chi connectivity index (χ1n) is 9.71. The highest BCUT2D eigenvalue weighted by Gasteiger charge is 2.32. The fourth-order valence-electron chi connectivity index (χ4n) is 3.46.